The van der Waals surface area contributed by atoms with Gasteiger partial charge in [-0.25, -0.2) is 0 Å². The maximum absolute atomic E-state index is 12.8. The van der Waals surface area contributed by atoms with Crippen molar-refractivity contribution in [3.8, 4) is 0 Å². The van der Waals surface area contributed by atoms with Gasteiger partial charge >= 0.3 is 0 Å². The fourth-order valence-corrected chi connectivity index (χ4v) is 9.47. The minimum Gasteiger partial charge on any atom is -0.389 e. The number of likely N-dealkylation sites (tertiary alicyclic amines) is 1. The van der Waals surface area contributed by atoms with Gasteiger partial charge in [0, 0.05) is 12.0 Å². The van der Waals surface area contributed by atoms with E-state index in [1.165, 1.54) is 70.0 Å². The topological polar surface area (TPSA) is 32.7 Å². The van der Waals surface area contributed by atoms with Crippen LogP contribution in [0, 0.1) is 22.7 Å². The van der Waals surface area contributed by atoms with Crippen molar-refractivity contribution < 1.29 is 9.84 Å². The third-order valence-corrected chi connectivity index (χ3v) is 11.2. The van der Waals surface area contributed by atoms with E-state index < -0.39 is 5.60 Å². The minimum absolute atomic E-state index is 0.146. The number of ether oxygens (including phenoxy) is 1. The van der Waals surface area contributed by atoms with Gasteiger partial charge < -0.3 is 14.7 Å². The van der Waals surface area contributed by atoms with E-state index in [0.29, 0.717) is 23.2 Å². The van der Waals surface area contributed by atoms with Crippen molar-refractivity contribution in [2.24, 2.45) is 22.7 Å². The summed E-state index contributed by atoms with van der Waals surface area (Å²) in [7, 11) is 0. The zero-order valence-corrected chi connectivity index (χ0v) is 21.3. The molecule has 3 heteroatoms. The summed E-state index contributed by atoms with van der Waals surface area (Å²) >= 11 is 0. The Bertz CT molecular complexity index is 892. The van der Waals surface area contributed by atoms with E-state index in [-0.39, 0.29) is 5.41 Å². The van der Waals surface area contributed by atoms with Gasteiger partial charge in [0.1, 0.15) is 0 Å². The zero-order valence-electron chi connectivity index (χ0n) is 21.3. The smallest absolute Gasteiger partial charge is 0.0762 e. The molecule has 34 heavy (non-hydrogen) atoms. The summed E-state index contributed by atoms with van der Waals surface area (Å²) in [5.41, 5.74) is 2.70. The number of hydrogen-bond acceptors (Lipinski definition) is 3. The first kappa shape index (κ1) is 23.3. The molecule has 0 spiro atoms. The molecule has 3 saturated carbocycles. The monoisotopic (exact) mass is 463 g/mol. The Labute approximate surface area is 207 Å². The highest BCUT2D eigenvalue weighted by atomic mass is 16.5. The van der Waals surface area contributed by atoms with Crippen LogP contribution in [-0.2, 0) is 4.74 Å². The van der Waals surface area contributed by atoms with E-state index >= 15 is 0 Å². The molecule has 1 saturated heterocycles. The molecule has 0 aromatic heterocycles. The fourth-order valence-electron chi connectivity index (χ4n) is 9.47. The van der Waals surface area contributed by atoms with Crippen molar-refractivity contribution in [3.05, 3.63) is 47.5 Å². The quantitative estimate of drug-likeness (QED) is 0.395. The highest BCUT2D eigenvalue weighted by Gasteiger charge is 2.68. The normalized spacial score (nSPS) is 42.1. The van der Waals surface area contributed by atoms with Crippen LogP contribution in [-0.4, -0.2) is 48.5 Å². The lowest BCUT2D eigenvalue weighted by atomic mass is 9.45. The second kappa shape index (κ2) is 9.05. The van der Waals surface area contributed by atoms with Gasteiger partial charge in [-0.15, -0.1) is 0 Å². The lowest BCUT2D eigenvalue weighted by Crippen LogP contribution is -2.62. The molecule has 1 aliphatic heterocycles. The molecule has 0 unspecified atom stereocenters. The van der Waals surface area contributed by atoms with Crippen LogP contribution in [0.3, 0.4) is 0 Å². The molecule has 6 atom stereocenters. The van der Waals surface area contributed by atoms with E-state index in [2.05, 4.69) is 48.2 Å². The largest absolute Gasteiger partial charge is 0.389 e. The molecule has 1 N–H and O–H groups in total. The van der Waals surface area contributed by atoms with Gasteiger partial charge in [0.05, 0.1) is 18.8 Å². The second-order valence-corrected chi connectivity index (χ2v) is 12.5. The minimum atomic E-state index is -0.601. The number of allylic oxidation sites excluding steroid dienone is 2. The van der Waals surface area contributed by atoms with Gasteiger partial charge in [-0.3, -0.25) is 0 Å². The molecular formula is C31H45NO2. The van der Waals surface area contributed by atoms with E-state index in [9.17, 15) is 5.11 Å². The number of benzene rings is 1. The van der Waals surface area contributed by atoms with E-state index in [0.717, 1.165) is 39.0 Å². The lowest BCUT2D eigenvalue weighted by Gasteiger charge is -2.62. The van der Waals surface area contributed by atoms with E-state index in [4.69, 9.17) is 4.74 Å². The first-order valence-corrected chi connectivity index (χ1v) is 14.3. The van der Waals surface area contributed by atoms with E-state index in [1.807, 2.05) is 0 Å². The highest BCUT2D eigenvalue weighted by molar-refractivity contribution is 5.32. The molecule has 0 amide bonds. The summed E-state index contributed by atoms with van der Waals surface area (Å²) in [5.74, 6) is 1.45. The Morgan fingerprint density at radius 2 is 1.79 bits per heavy atom. The van der Waals surface area contributed by atoms with Crippen molar-refractivity contribution >= 4 is 0 Å². The standard InChI is InChI=1S/C31H45NO2/c1-29-16-6-5-11-25(29)12-13-28-27(29)14-17-30(23-34-22-21-32-19-7-8-20-32)26(15-18-31(28,30)33)24-9-3-2-4-10-24/h2-4,9-11,26-28,33H,5-8,12-23H2,1H3/t26-,27+,28-,29+,30+,31+/m1/s1. The van der Waals surface area contributed by atoms with Gasteiger partial charge in [-0.2, -0.15) is 0 Å². The first-order valence-electron chi connectivity index (χ1n) is 14.3. The summed E-state index contributed by atoms with van der Waals surface area (Å²) < 4.78 is 6.56. The molecule has 1 aromatic carbocycles. The Hall–Kier alpha value is -1.16. The third-order valence-electron chi connectivity index (χ3n) is 11.2. The molecule has 186 valence electrons. The van der Waals surface area contributed by atoms with Crippen LogP contribution in [0.2, 0.25) is 0 Å². The molecule has 3 nitrogen and oxygen atoms in total. The van der Waals surface area contributed by atoms with Crippen LogP contribution in [0.15, 0.2) is 42.0 Å². The number of nitrogens with zero attached hydrogens (tertiary/aromatic N) is 1. The molecule has 4 fully saturated rings. The Balaban J connectivity index is 1.29. The third kappa shape index (κ3) is 3.56. The van der Waals surface area contributed by atoms with Crippen molar-refractivity contribution in [2.45, 2.75) is 89.1 Å². The highest BCUT2D eigenvalue weighted by Crippen LogP contribution is 2.70. The Kier molecular flexibility index (Phi) is 6.19. The molecule has 1 heterocycles. The molecule has 1 aromatic rings. The summed E-state index contributed by atoms with van der Waals surface area (Å²) in [6.07, 6.45) is 15.9. The maximum Gasteiger partial charge on any atom is 0.0762 e. The number of hydrogen-bond donors (Lipinski definition) is 1. The molecular weight excluding hydrogens is 418 g/mol. The van der Waals surface area contributed by atoms with Crippen molar-refractivity contribution in [2.75, 3.05) is 32.8 Å². The average Bonchev–Trinajstić information content (AvgIpc) is 3.48. The molecule has 0 bridgehead atoms. The Morgan fingerprint density at radius 3 is 2.62 bits per heavy atom. The lowest BCUT2D eigenvalue weighted by molar-refractivity contribution is -0.202. The van der Waals surface area contributed by atoms with Gasteiger partial charge in [-0.1, -0.05) is 48.9 Å². The van der Waals surface area contributed by atoms with Crippen molar-refractivity contribution in [1.29, 1.82) is 0 Å². The molecule has 0 radical (unpaired) electrons. The predicted octanol–water partition coefficient (Wildman–Crippen LogP) is 6.33. The number of fused-ring (bicyclic) bond motifs is 5. The van der Waals surface area contributed by atoms with Crippen LogP contribution in [0.25, 0.3) is 0 Å². The average molecular weight is 464 g/mol. The van der Waals surface area contributed by atoms with Crippen LogP contribution in [0.1, 0.15) is 89.0 Å². The van der Waals surface area contributed by atoms with Crippen LogP contribution in [0.5, 0.6) is 0 Å². The SMILES string of the molecule is C[C@]12CCCC=C1CC[C@@H]1[C@@H]2CC[C@]2(COCCN3CCCC3)[C@@H](c3ccccc3)CC[C@]12O. The van der Waals surface area contributed by atoms with E-state index in [1.54, 1.807) is 5.57 Å². The van der Waals surface area contributed by atoms with Gasteiger partial charge in [0.25, 0.3) is 0 Å². The fraction of sp³-hybridized carbons (Fsp3) is 0.742. The summed E-state index contributed by atoms with van der Waals surface area (Å²) in [6.45, 7) is 7.56. The Morgan fingerprint density at radius 1 is 0.971 bits per heavy atom. The molecule has 6 rings (SSSR count). The zero-order chi connectivity index (χ0) is 23.2. The maximum atomic E-state index is 12.8. The molecule has 5 aliphatic rings. The molecule has 4 aliphatic carbocycles. The first-order chi connectivity index (χ1) is 16.6. The van der Waals surface area contributed by atoms with Crippen molar-refractivity contribution in [1.82, 2.24) is 4.90 Å². The number of rotatable bonds is 6. The van der Waals surface area contributed by atoms with Gasteiger partial charge in [0.15, 0.2) is 0 Å². The summed E-state index contributed by atoms with van der Waals surface area (Å²) in [4.78, 5) is 2.54. The van der Waals surface area contributed by atoms with Crippen LogP contribution < -0.4 is 0 Å². The predicted molar refractivity (Wildman–Crippen MR) is 138 cm³/mol. The van der Waals surface area contributed by atoms with Crippen molar-refractivity contribution in [3.63, 3.8) is 0 Å². The summed E-state index contributed by atoms with van der Waals surface area (Å²) in [5, 5.41) is 12.8. The number of aliphatic hydroxyl groups is 1. The second-order valence-electron chi connectivity index (χ2n) is 12.5. The van der Waals surface area contributed by atoms with Crippen LogP contribution >= 0.6 is 0 Å². The summed E-state index contributed by atoms with van der Waals surface area (Å²) in [6, 6.07) is 11.1. The van der Waals surface area contributed by atoms with Crippen LogP contribution in [0.4, 0.5) is 0 Å². The van der Waals surface area contributed by atoms with Gasteiger partial charge in [-0.05, 0) is 112 Å². The van der Waals surface area contributed by atoms with Gasteiger partial charge in [0.2, 0.25) is 0 Å².